The summed E-state index contributed by atoms with van der Waals surface area (Å²) in [5.41, 5.74) is 0.188. The van der Waals surface area contributed by atoms with E-state index in [1.807, 2.05) is 0 Å². The molecule has 2 aromatic heterocycles. The summed E-state index contributed by atoms with van der Waals surface area (Å²) >= 11 is 1.19. The SMILES string of the molecule is Cc1noc(-c2ccc(SCC(=O)Nc3ccc(C(F)(F)F)cc3)nc2)n1. The third-order valence-corrected chi connectivity index (χ3v) is 4.30. The minimum atomic E-state index is -4.41. The predicted molar refractivity (Wildman–Crippen MR) is 93.1 cm³/mol. The lowest BCUT2D eigenvalue weighted by Gasteiger charge is -2.08. The van der Waals surface area contributed by atoms with E-state index in [2.05, 4.69) is 20.4 Å². The summed E-state index contributed by atoms with van der Waals surface area (Å²) < 4.78 is 42.6. The Kier molecular flexibility index (Phi) is 5.45. The van der Waals surface area contributed by atoms with E-state index in [9.17, 15) is 18.0 Å². The Hall–Kier alpha value is -2.88. The molecule has 0 radical (unpaired) electrons. The summed E-state index contributed by atoms with van der Waals surface area (Å²) in [6.45, 7) is 1.71. The molecule has 0 aliphatic heterocycles. The van der Waals surface area contributed by atoms with Gasteiger partial charge in [-0.3, -0.25) is 4.79 Å². The monoisotopic (exact) mass is 394 g/mol. The van der Waals surface area contributed by atoms with E-state index in [4.69, 9.17) is 4.52 Å². The molecule has 0 aliphatic carbocycles. The number of benzene rings is 1. The molecular formula is C17H13F3N4O2S. The largest absolute Gasteiger partial charge is 0.416 e. The van der Waals surface area contributed by atoms with E-state index in [1.54, 1.807) is 25.3 Å². The van der Waals surface area contributed by atoms with Crippen LogP contribution >= 0.6 is 11.8 Å². The van der Waals surface area contributed by atoms with Gasteiger partial charge < -0.3 is 9.84 Å². The van der Waals surface area contributed by atoms with Crippen LogP contribution in [0.2, 0.25) is 0 Å². The van der Waals surface area contributed by atoms with Gasteiger partial charge in [-0.1, -0.05) is 16.9 Å². The second-order valence-electron chi connectivity index (χ2n) is 5.44. The van der Waals surface area contributed by atoms with Gasteiger partial charge in [0.15, 0.2) is 5.82 Å². The van der Waals surface area contributed by atoms with Gasteiger partial charge in [-0.05, 0) is 43.3 Å². The number of hydrogen-bond acceptors (Lipinski definition) is 6. The number of nitrogens with zero attached hydrogens (tertiary/aromatic N) is 3. The average Bonchev–Trinajstić information content (AvgIpc) is 3.06. The molecule has 3 rings (SSSR count). The molecule has 1 aromatic carbocycles. The van der Waals surface area contributed by atoms with Crippen LogP contribution in [-0.4, -0.2) is 26.8 Å². The zero-order chi connectivity index (χ0) is 19.4. The number of halogens is 3. The Labute approximate surface area is 156 Å². The van der Waals surface area contributed by atoms with E-state index < -0.39 is 11.7 Å². The molecule has 0 spiro atoms. The first-order valence-corrected chi connectivity index (χ1v) is 8.66. The summed E-state index contributed by atoms with van der Waals surface area (Å²) in [4.78, 5) is 20.2. The highest BCUT2D eigenvalue weighted by atomic mass is 32.2. The van der Waals surface area contributed by atoms with Gasteiger partial charge in [-0.2, -0.15) is 18.2 Å². The lowest BCUT2D eigenvalue weighted by Crippen LogP contribution is -2.14. The fraction of sp³-hybridized carbons (Fsp3) is 0.176. The second kappa shape index (κ2) is 7.78. The Balaban J connectivity index is 1.53. The summed E-state index contributed by atoms with van der Waals surface area (Å²) in [6.07, 6.45) is -2.85. The molecule has 1 N–H and O–H groups in total. The van der Waals surface area contributed by atoms with E-state index in [1.165, 1.54) is 23.9 Å². The number of anilines is 1. The lowest BCUT2D eigenvalue weighted by atomic mass is 10.2. The maximum absolute atomic E-state index is 12.5. The molecule has 140 valence electrons. The number of thioether (sulfide) groups is 1. The molecule has 2 heterocycles. The van der Waals surface area contributed by atoms with Crippen molar-refractivity contribution < 1.29 is 22.5 Å². The lowest BCUT2D eigenvalue weighted by molar-refractivity contribution is -0.137. The number of rotatable bonds is 5. The van der Waals surface area contributed by atoms with Gasteiger partial charge in [-0.25, -0.2) is 4.98 Å². The van der Waals surface area contributed by atoms with Crippen molar-refractivity contribution in [2.75, 3.05) is 11.1 Å². The van der Waals surface area contributed by atoms with Crippen molar-refractivity contribution in [2.45, 2.75) is 18.1 Å². The van der Waals surface area contributed by atoms with Crippen LogP contribution in [-0.2, 0) is 11.0 Å². The van der Waals surface area contributed by atoms with Crippen LogP contribution in [0, 0.1) is 6.92 Å². The quantitative estimate of drug-likeness (QED) is 0.654. The summed E-state index contributed by atoms with van der Waals surface area (Å²) in [7, 11) is 0. The van der Waals surface area contributed by atoms with Gasteiger partial charge in [0.05, 0.1) is 21.9 Å². The molecule has 0 aliphatic rings. The molecule has 0 saturated carbocycles. The molecule has 0 fully saturated rings. The van der Waals surface area contributed by atoms with Crippen LogP contribution in [0.1, 0.15) is 11.4 Å². The number of aryl methyl sites for hydroxylation is 1. The number of pyridine rings is 1. The van der Waals surface area contributed by atoms with Crippen molar-refractivity contribution in [3.63, 3.8) is 0 Å². The Morgan fingerprint density at radius 2 is 1.93 bits per heavy atom. The number of carbonyl (C=O) groups excluding carboxylic acids is 1. The highest BCUT2D eigenvalue weighted by Gasteiger charge is 2.29. The number of aromatic nitrogens is 3. The van der Waals surface area contributed by atoms with E-state index in [0.717, 1.165) is 12.1 Å². The number of carbonyl (C=O) groups is 1. The highest BCUT2D eigenvalue weighted by molar-refractivity contribution is 7.99. The second-order valence-corrected chi connectivity index (χ2v) is 6.44. The minimum absolute atomic E-state index is 0.0625. The maximum Gasteiger partial charge on any atom is 0.416 e. The number of alkyl halides is 3. The molecular weight excluding hydrogens is 381 g/mol. The highest BCUT2D eigenvalue weighted by Crippen LogP contribution is 2.30. The Morgan fingerprint density at radius 1 is 1.19 bits per heavy atom. The van der Waals surface area contributed by atoms with Crippen LogP contribution in [0.5, 0.6) is 0 Å². The molecule has 10 heteroatoms. The van der Waals surface area contributed by atoms with Crippen LogP contribution in [0.3, 0.4) is 0 Å². The molecule has 3 aromatic rings. The van der Waals surface area contributed by atoms with Gasteiger partial charge in [-0.15, -0.1) is 0 Å². The zero-order valence-electron chi connectivity index (χ0n) is 13.9. The molecule has 0 atom stereocenters. The van der Waals surface area contributed by atoms with Crippen LogP contribution in [0.15, 0.2) is 52.1 Å². The number of hydrogen-bond donors (Lipinski definition) is 1. The van der Waals surface area contributed by atoms with Crippen molar-refractivity contribution >= 4 is 23.4 Å². The average molecular weight is 394 g/mol. The number of nitrogens with one attached hydrogen (secondary N) is 1. The molecule has 0 saturated heterocycles. The minimum Gasteiger partial charge on any atom is -0.334 e. The summed E-state index contributed by atoms with van der Waals surface area (Å²) in [6, 6.07) is 7.72. The number of amides is 1. The van der Waals surface area contributed by atoms with Crippen LogP contribution in [0.4, 0.5) is 18.9 Å². The van der Waals surface area contributed by atoms with E-state index in [-0.39, 0.29) is 11.7 Å². The standard InChI is InChI=1S/C17H13F3N4O2S/c1-10-22-16(26-24-10)11-2-7-15(21-8-11)27-9-14(25)23-13-5-3-12(4-6-13)17(18,19)20/h2-8H,9H2,1H3,(H,23,25). The van der Waals surface area contributed by atoms with Crippen molar-refractivity contribution in [1.29, 1.82) is 0 Å². The van der Waals surface area contributed by atoms with Crippen molar-refractivity contribution in [2.24, 2.45) is 0 Å². The van der Waals surface area contributed by atoms with Gasteiger partial charge >= 0.3 is 6.18 Å². The van der Waals surface area contributed by atoms with Gasteiger partial charge in [0.1, 0.15) is 0 Å². The summed E-state index contributed by atoms with van der Waals surface area (Å²) in [5.74, 6) is 0.589. The smallest absolute Gasteiger partial charge is 0.334 e. The fourth-order valence-electron chi connectivity index (χ4n) is 2.09. The van der Waals surface area contributed by atoms with Crippen LogP contribution < -0.4 is 5.32 Å². The van der Waals surface area contributed by atoms with Gasteiger partial charge in [0.25, 0.3) is 5.89 Å². The normalized spacial score (nSPS) is 11.4. The Morgan fingerprint density at radius 3 is 2.48 bits per heavy atom. The molecule has 1 amide bonds. The van der Waals surface area contributed by atoms with Crippen molar-refractivity contribution in [3.05, 3.63) is 54.0 Å². The van der Waals surface area contributed by atoms with E-state index in [0.29, 0.717) is 28.0 Å². The van der Waals surface area contributed by atoms with Gasteiger partial charge in [0, 0.05) is 11.9 Å². The van der Waals surface area contributed by atoms with Gasteiger partial charge in [0.2, 0.25) is 5.91 Å². The predicted octanol–water partition coefficient (Wildman–Crippen LogP) is 4.19. The van der Waals surface area contributed by atoms with E-state index >= 15 is 0 Å². The first-order valence-electron chi connectivity index (χ1n) is 7.68. The first-order chi connectivity index (χ1) is 12.8. The third-order valence-electron chi connectivity index (χ3n) is 3.36. The molecule has 6 nitrogen and oxygen atoms in total. The van der Waals surface area contributed by atoms with Crippen molar-refractivity contribution in [3.8, 4) is 11.5 Å². The molecule has 27 heavy (non-hydrogen) atoms. The third kappa shape index (κ3) is 5.07. The zero-order valence-corrected chi connectivity index (χ0v) is 14.8. The van der Waals surface area contributed by atoms with Crippen LogP contribution in [0.25, 0.3) is 11.5 Å². The Bertz CT molecular complexity index is 925. The summed E-state index contributed by atoms with van der Waals surface area (Å²) in [5, 5.41) is 6.85. The van der Waals surface area contributed by atoms with Crippen molar-refractivity contribution in [1.82, 2.24) is 15.1 Å². The maximum atomic E-state index is 12.5. The molecule has 0 unspecified atom stereocenters. The fourth-order valence-corrected chi connectivity index (χ4v) is 2.73. The first kappa shape index (κ1) is 18.9. The molecule has 0 bridgehead atoms. The topological polar surface area (TPSA) is 80.9 Å².